The molecule has 0 amide bonds. The highest BCUT2D eigenvalue weighted by Gasteiger charge is 2.24. The van der Waals surface area contributed by atoms with Crippen molar-refractivity contribution in [2.45, 2.75) is 51.3 Å². The summed E-state index contributed by atoms with van der Waals surface area (Å²) in [6.07, 6.45) is 5.95. The molecule has 1 saturated carbocycles. The maximum Gasteiger partial charge on any atom is 0.124 e. The van der Waals surface area contributed by atoms with Gasteiger partial charge >= 0.3 is 0 Å². The van der Waals surface area contributed by atoms with Crippen LogP contribution in [0.25, 0.3) is 0 Å². The van der Waals surface area contributed by atoms with Crippen LogP contribution in [0.2, 0.25) is 0 Å². The first-order valence-electron chi connectivity index (χ1n) is 6.30. The molecule has 1 unspecified atom stereocenters. The minimum Gasteiger partial charge on any atom is -0.374 e. The monoisotopic (exact) mass is 219 g/mol. The normalized spacial score (nSPS) is 19.4. The molecule has 0 heterocycles. The molecule has 1 aliphatic rings. The lowest BCUT2D eigenvalue weighted by atomic mass is 9.93. The van der Waals surface area contributed by atoms with Crippen LogP contribution in [-0.4, -0.2) is 17.4 Å². The van der Waals surface area contributed by atoms with E-state index in [0.717, 1.165) is 5.69 Å². The van der Waals surface area contributed by atoms with Crippen LogP contribution < -0.4 is 4.90 Å². The zero-order valence-corrected chi connectivity index (χ0v) is 9.97. The Kier molecular flexibility index (Phi) is 3.83. The molecule has 1 aromatic carbocycles. The largest absolute Gasteiger partial charge is 0.374 e. The Hall–Kier alpha value is -1.02. The molecule has 1 aromatic rings. The van der Waals surface area contributed by atoms with Crippen LogP contribution in [0.5, 0.6) is 0 Å². The minimum absolute atomic E-state index is 0.398. The number of hydrogen-bond donors (Lipinski definition) is 1. The average molecular weight is 219 g/mol. The van der Waals surface area contributed by atoms with Gasteiger partial charge in [0, 0.05) is 11.7 Å². The van der Waals surface area contributed by atoms with E-state index in [2.05, 4.69) is 17.0 Å². The molecule has 0 radical (unpaired) electrons. The fourth-order valence-electron chi connectivity index (χ4n) is 2.69. The van der Waals surface area contributed by atoms with Gasteiger partial charge in [-0.05, 0) is 31.9 Å². The topological polar surface area (TPSA) is 23.5 Å². The lowest BCUT2D eigenvalue weighted by molar-refractivity contribution is 0.168. The fraction of sp³-hybridized carbons (Fsp3) is 0.571. The average Bonchev–Trinajstić information content (AvgIpc) is 2.31. The van der Waals surface area contributed by atoms with Crippen LogP contribution in [0.3, 0.4) is 0 Å². The van der Waals surface area contributed by atoms with Gasteiger partial charge in [0.05, 0.1) is 0 Å². The van der Waals surface area contributed by atoms with E-state index >= 15 is 0 Å². The zero-order chi connectivity index (χ0) is 11.4. The summed E-state index contributed by atoms with van der Waals surface area (Å²) < 4.78 is 0. The van der Waals surface area contributed by atoms with Gasteiger partial charge in [-0.25, -0.2) is 0 Å². The second-order valence-electron chi connectivity index (χ2n) is 4.67. The maximum absolute atomic E-state index is 9.94. The highest BCUT2D eigenvalue weighted by atomic mass is 16.3. The Balaban J connectivity index is 2.16. The lowest BCUT2D eigenvalue weighted by Crippen LogP contribution is -2.43. The van der Waals surface area contributed by atoms with Gasteiger partial charge in [0.15, 0.2) is 0 Å². The number of anilines is 1. The molecule has 0 spiro atoms. The number of nitrogens with zero attached hydrogens (tertiary/aromatic N) is 1. The van der Waals surface area contributed by atoms with Gasteiger partial charge in [0.25, 0.3) is 0 Å². The summed E-state index contributed by atoms with van der Waals surface area (Å²) in [5.74, 6) is 0. The summed E-state index contributed by atoms with van der Waals surface area (Å²) in [6.45, 7) is 1.86. The molecule has 0 aromatic heterocycles. The van der Waals surface area contributed by atoms with Crippen molar-refractivity contribution in [2.75, 3.05) is 4.90 Å². The van der Waals surface area contributed by atoms with E-state index in [9.17, 15) is 5.11 Å². The Morgan fingerprint density at radius 2 is 1.75 bits per heavy atom. The van der Waals surface area contributed by atoms with Gasteiger partial charge < -0.3 is 10.0 Å². The van der Waals surface area contributed by atoms with Gasteiger partial charge in [-0.2, -0.15) is 0 Å². The highest BCUT2D eigenvalue weighted by molar-refractivity contribution is 5.47. The number of aliphatic hydroxyl groups excluding tert-OH is 1. The van der Waals surface area contributed by atoms with Crippen LogP contribution >= 0.6 is 0 Å². The van der Waals surface area contributed by atoms with Crippen molar-refractivity contribution in [2.24, 2.45) is 0 Å². The van der Waals surface area contributed by atoms with Gasteiger partial charge in [0.1, 0.15) is 6.23 Å². The maximum atomic E-state index is 9.94. The zero-order valence-electron chi connectivity index (χ0n) is 9.97. The van der Waals surface area contributed by atoms with Gasteiger partial charge in [0.2, 0.25) is 0 Å². The lowest BCUT2D eigenvalue weighted by Gasteiger charge is -2.38. The predicted molar refractivity (Wildman–Crippen MR) is 67.5 cm³/mol. The third kappa shape index (κ3) is 2.56. The quantitative estimate of drug-likeness (QED) is 0.789. The van der Waals surface area contributed by atoms with E-state index in [1.165, 1.54) is 32.1 Å². The fourth-order valence-corrected chi connectivity index (χ4v) is 2.69. The third-order valence-electron chi connectivity index (χ3n) is 3.42. The SMILES string of the molecule is CC(O)N(c1ccccc1)C1CCCCC1. The first-order valence-corrected chi connectivity index (χ1v) is 6.30. The van der Waals surface area contributed by atoms with Gasteiger partial charge in [-0.3, -0.25) is 0 Å². The van der Waals surface area contributed by atoms with Gasteiger partial charge in [-0.15, -0.1) is 0 Å². The first-order chi connectivity index (χ1) is 7.79. The summed E-state index contributed by atoms with van der Waals surface area (Å²) in [5, 5.41) is 9.94. The number of hydrogen-bond acceptors (Lipinski definition) is 2. The summed E-state index contributed by atoms with van der Waals surface area (Å²) in [7, 11) is 0. The number of rotatable bonds is 3. The highest BCUT2D eigenvalue weighted by Crippen LogP contribution is 2.28. The smallest absolute Gasteiger partial charge is 0.124 e. The van der Waals surface area contributed by atoms with Crippen molar-refractivity contribution in [3.63, 3.8) is 0 Å². The first kappa shape index (κ1) is 11.5. The van der Waals surface area contributed by atoms with Crippen LogP contribution in [0.4, 0.5) is 5.69 Å². The van der Waals surface area contributed by atoms with Crippen molar-refractivity contribution >= 4 is 5.69 Å². The van der Waals surface area contributed by atoms with Crippen LogP contribution in [-0.2, 0) is 0 Å². The van der Waals surface area contributed by atoms with Gasteiger partial charge in [-0.1, -0.05) is 37.5 Å². The Morgan fingerprint density at radius 1 is 1.12 bits per heavy atom. The Morgan fingerprint density at radius 3 is 2.31 bits per heavy atom. The molecule has 1 atom stereocenters. The molecular formula is C14H21NO. The summed E-state index contributed by atoms with van der Waals surface area (Å²) in [5.41, 5.74) is 1.14. The summed E-state index contributed by atoms with van der Waals surface area (Å²) >= 11 is 0. The molecule has 2 rings (SSSR count). The van der Waals surface area contributed by atoms with Crippen LogP contribution in [0.1, 0.15) is 39.0 Å². The van der Waals surface area contributed by atoms with Crippen molar-refractivity contribution in [3.05, 3.63) is 30.3 Å². The second kappa shape index (κ2) is 5.35. The minimum atomic E-state index is -0.398. The Bertz CT molecular complexity index is 304. The van der Waals surface area contributed by atoms with E-state index in [1.54, 1.807) is 0 Å². The molecule has 0 saturated heterocycles. The van der Waals surface area contributed by atoms with Crippen LogP contribution in [0, 0.1) is 0 Å². The molecular weight excluding hydrogens is 198 g/mol. The van der Waals surface area contributed by atoms with E-state index in [1.807, 2.05) is 25.1 Å². The number of benzene rings is 1. The molecule has 1 fully saturated rings. The number of para-hydroxylation sites is 1. The standard InChI is InChI=1S/C14H21NO/c1-12(16)15(13-8-4-2-5-9-13)14-10-6-3-7-11-14/h2,4-5,8-9,12,14,16H,3,6-7,10-11H2,1H3. The van der Waals surface area contributed by atoms with E-state index < -0.39 is 6.23 Å². The molecule has 0 bridgehead atoms. The predicted octanol–water partition coefficient (Wildman–Crippen LogP) is 3.16. The molecule has 1 N–H and O–H groups in total. The molecule has 2 nitrogen and oxygen atoms in total. The Labute approximate surface area is 97.9 Å². The van der Waals surface area contributed by atoms with E-state index in [-0.39, 0.29) is 0 Å². The van der Waals surface area contributed by atoms with Crippen molar-refractivity contribution in [1.82, 2.24) is 0 Å². The molecule has 16 heavy (non-hydrogen) atoms. The van der Waals surface area contributed by atoms with E-state index in [4.69, 9.17) is 0 Å². The molecule has 88 valence electrons. The van der Waals surface area contributed by atoms with Crippen molar-refractivity contribution in [3.8, 4) is 0 Å². The number of aliphatic hydroxyl groups is 1. The summed E-state index contributed by atoms with van der Waals surface area (Å²) in [4.78, 5) is 2.17. The van der Waals surface area contributed by atoms with Crippen molar-refractivity contribution in [1.29, 1.82) is 0 Å². The molecule has 1 aliphatic carbocycles. The van der Waals surface area contributed by atoms with Crippen molar-refractivity contribution < 1.29 is 5.11 Å². The van der Waals surface area contributed by atoms with Crippen LogP contribution in [0.15, 0.2) is 30.3 Å². The molecule has 2 heteroatoms. The molecule has 0 aliphatic heterocycles. The van der Waals surface area contributed by atoms with E-state index in [0.29, 0.717) is 6.04 Å². The third-order valence-corrected chi connectivity index (χ3v) is 3.42. The second-order valence-corrected chi connectivity index (χ2v) is 4.67. The summed E-state index contributed by atoms with van der Waals surface area (Å²) in [6, 6.07) is 10.8.